The number of benzene rings is 1. The fourth-order valence-corrected chi connectivity index (χ4v) is 1.71. The Bertz CT molecular complexity index is 390. The number of halogens is 1. The summed E-state index contributed by atoms with van der Waals surface area (Å²) in [7, 11) is 3.77. The highest BCUT2D eigenvalue weighted by molar-refractivity contribution is 5.79. The van der Waals surface area contributed by atoms with E-state index in [2.05, 4.69) is 22.1 Å². The average Bonchev–Trinajstić information content (AvgIpc) is 2.37. The van der Waals surface area contributed by atoms with Crippen molar-refractivity contribution in [2.45, 2.75) is 26.3 Å². The molecule has 0 amide bonds. The van der Waals surface area contributed by atoms with Crippen LogP contribution in [0.3, 0.4) is 0 Å². The average molecular weight is 251 g/mol. The fourth-order valence-electron chi connectivity index (χ4n) is 1.71. The molecule has 0 bridgehead atoms. The summed E-state index contributed by atoms with van der Waals surface area (Å²) >= 11 is 0. The van der Waals surface area contributed by atoms with Crippen molar-refractivity contribution in [3.63, 3.8) is 0 Å². The molecule has 1 rings (SSSR count). The standard InChI is InChI=1S/C14H22FN3/c1-4-5-9-18(3)14(16-2)17-11-12-7-6-8-13(15)10-12/h6-8,10H,4-5,9,11H2,1-3H3,(H,16,17). The van der Waals surface area contributed by atoms with Gasteiger partial charge in [0.25, 0.3) is 0 Å². The number of unbranched alkanes of at least 4 members (excludes halogenated alkanes) is 1. The largest absolute Gasteiger partial charge is 0.352 e. The first-order chi connectivity index (χ1) is 8.67. The lowest BCUT2D eigenvalue weighted by Gasteiger charge is -2.21. The molecule has 18 heavy (non-hydrogen) atoms. The molecule has 1 N–H and O–H groups in total. The highest BCUT2D eigenvalue weighted by Gasteiger charge is 2.04. The topological polar surface area (TPSA) is 27.6 Å². The number of hydrogen-bond acceptors (Lipinski definition) is 1. The molecule has 0 aliphatic rings. The molecule has 0 heterocycles. The lowest BCUT2D eigenvalue weighted by Crippen LogP contribution is -2.38. The molecule has 4 heteroatoms. The van der Waals surface area contributed by atoms with Crippen LogP contribution in [0.2, 0.25) is 0 Å². The van der Waals surface area contributed by atoms with Gasteiger partial charge in [0.05, 0.1) is 0 Å². The van der Waals surface area contributed by atoms with Gasteiger partial charge in [0.15, 0.2) is 5.96 Å². The Morgan fingerprint density at radius 2 is 2.22 bits per heavy atom. The summed E-state index contributed by atoms with van der Waals surface area (Å²) in [6.07, 6.45) is 2.29. The number of hydrogen-bond donors (Lipinski definition) is 1. The van der Waals surface area contributed by atoms with E-state index in [1.165, 1.54) is 12.1 Å². The summed E-state index contributed by atoms with van der Waals surface area (Å²) in [6, 6.07) is 6.60. The minimum atomic E-state index is -0.205. The van der Waals surface area contributed by atoms with E-state index in [9.17, 15) is 4.39 Å². The van der Waals surface area contributed by atoms with Crippen molar-refractivity contribution in [1.82, 2.24) is 10.2 Å². The highest BCUT2D eigenvalue weighted by atomic mass is 19.1. The summed E-state index contributed by atoms with van der Waals surface area (Å²) in [5.74, 6) is 0.635. The summed E-state index contributed by atoms with van der Waals surface area (Å²) < 4.78 is 13.0. The van der Waals surface area contributed by atoms with Gasteiger partial charge in [-0.15, -0.1) is 0 Å². The molecule has 0 saturated heterocycles. The van der Waals surface area contributed by atoms with Crippen molar-refractivity contribution in [3.05, 3.63) is 35.6 Å². The Morgan fingerprint density at radius 1 is 1.44 bits per heavy atom. The van der Waals surface area contributed by atoms with E-state index in [0.29, 0.717) is 6.54 Å². The van der Waals surface area contributed by atoms with Gasteiger partial charge in [-0.05, 0) is 24.1 Å². The first-order valence-corrected chi connectivity index (χ1v) is 6.33. The predicted octanol–water partition coefficient (Wildman–Crippen LogP) is 2.63. The second-order valence-corrected chi connectivity index (χ2v) is 4.31. The van der Waals surface area contributed by atoms with E-state index in [0.717, 1.165) is 30.9 Å². The minimum absolute atomic E-state index is 0.205. The lowest BCUT2D eigenvalue weighted by molar-refractivity contribution is 0.464. The van der Waals surface area contributed by atoms with Gasteiger partial charge in [-0.3, -0.25) is 4.99 Å². The number of rotatable bonds is 5. The highest BCUT2D eigenvalue weighted by Crippen LogP contribution is 2.03. The quantitative estimate of drug-likeness (QED) is 0.643. The maximum absolute atomic E-state index is 13.0. The van der Waals surface area contributed by atoms with E-state index < -0.39 is 0 Å². The molecular formula is C14H22FN3. The van der Waals surface area contributed by atoms with E-state index in [4.69, 9.17) is 0 Å². The van der Waals surface area contributed by atoms with Gasteiger partial charge in [0, 0.05) is 27.2 Å². The SMILES string of the molecule is CCCCN(C)C(=NC)NCc1cccc(F)c1. The van der Waals surface area contributed by atoms with Crippen LogP contribution >= 0.6 is 0 Å². The third-order valence-electron chi connectivity index (χ3n) is 2.76. The van der Waals surface area contributed by atoms with E-state index >= 15 is 0 Å². The van der Waals surface area contributed by atoms with Crippen molar-refractivity contribution in [2.75, 3.05) is 20.6 Å². The molecule has 0 atom stereocenters. The molecule has 0 aliphatic heterocycles. The Hall–Kier alpha value is -1.58. The maximum Gasteiger partial charge on any atom is 0.193 e. The molecule has 0 radical (unpaired) electrons. The smallest absolute Gasteiger partial charge is 0.193 e. The molecule has 100 valence electrons. The molecule has 0 spiro atoms. The Labute approximate surface area is 109 Å². The van der Waals surface area contributed by atoms with Gasteiger partial charge < -0.3 is 10.2 Å². The third kappa shape index (κ3) is 4.73. The van der Waals surface area contributed by atoms with Crippen molar-refractivity contribution >= 4 is 5.96 Å². The van der Waals surface area contributed by atoms with Gasteiger partial charge in [-0.1, -0.05) is 25.5 Å². The predicted molar refractivity (Wildman–Crippen MR) is 74.1 cm³/mol. The summed E-state index contributed by atoms with van der Waals surface area (Å²) in [6.45, 7) is 3.72. The van der Waals surface area contributed by atoms with Crippen LogP contribution in [0.1, 0.15) is 25.3 Å². The van der Waals surface area contributed by atoms with E-state index in [1.807, 2.05) is 13.1 Å². The van der Waals surface area contributed by atoms with Crippen molar-refractivity contribution < 1.29 is 4.39 Å². The van der Waals surface area contributed by atoms with Gasteiger partial charge in [0.2, 0.25) is 0 Å². The van der Waals surface area contributed by atoms with Crippen molar-refractivity contribution in [1.29, 1.82) is 0 Å². The monoisotopic (exact) mass is 251 g/mol. The molecule has 0 fully saturated rings. The van der Waals surface area contributed by atoms with E-state index in [1.54, 1.807) is 13.1 Å². The molecule has 0 aliphatic carbocycles. The number of nitrogens with one attached hydrogen (secondary N) is 1. The first kappa shape index (κ1) is 14.5. The van der Waals surface area contributed by atoms with Crippen molar-refractivity contribution in [3.8, 4) is 0 Å². The summed E-state index contributed by atoms with van der Waals surface area (Å²) in [5.41, 5.74) is 0.917. The molecule has 3 nitrogen and oxygen atoms in total. The second-order valence-electron chi connectivity index (χ2n) is 4.31. The van der Waals surface area contributed by atoms with Crippen LogP contribution in [0, 0.1) is 5.82 Å². The minimum Gasteiger partial charge on any atom is -0.352 e. The summed E-state index contributed by atoms with van der Waals surface area (Å²) in [5, 5.41) is 3.23. The van der Waals surface area contributed by atoms with Gasteiger partial charge >= 0.3 is 0 Å². The lowest BCUT2D eigenvalue weighted by atomic mass is 10.2. The van der Waals surface area contributed by atoms with E-state index in [-0.39, 0.29) is 5.82 Å². The molecule has 0 saturated carbocycles. The zero-order chi connectivity index (χ0) is 13.4. The van der Waals surface area contributed by atoms with Gasteiger partial charge in [-0.2, -0.15) is 0 Å². The van der Waals surface area contributed by atoms with Crippen LogP contribution in [0.15, 0.2) is 29.3 Å². The molecule has 1 aromatic rings. The van der Waals surface area contributed by atoms with Crippen LogP contribution < -0.4 is 5.32 Å². The second kappa shape index (κ2) is 7.69. The van der Waals surface area contributed by atoms with Crippen LogP contribution in [0.5, 0.6) is 0 Å². The first-order valence-electron chi connectivity index (χ1n) is 6.33. The number of guanidine groups is 1. The van der Waals surface area contributed by atoms with Crippen molar-refractivity contribution in [2.24, 2.45) is 4.99 Å². The van der Waals surface area contributed by atoms with Crippen LogP contribution in [0.4, 0.5) is 4.39 Å². The number of nitrogens with zero attached hydrogens (tertiary/aromatic N) is 2. The molecule has 0 aromatic heterocycles. The summed E-state index contributed by atoms with van der Waals surface area (Å²) in [4.78, 5) is 6.30. The third-order valence-corrected chi connectivity index (χ3v) is 2.76. The van der Waals surface area contributed by atoms with Crippen LogP contribution in [-0.4, -0.2) is 31.5 Å². The normalized spacial score (nSPS) is 11.4. The number of aliphatic imine (C=N–C) groups is 1. The zero-order valence-electron chi connectivity index (χ0n) is 11.4. The van der Waals surface area contributed by atoms with Crippen LogP contribution in [-0.2, 0) is 6.54 Å². The zero-order valence-corrected chi connectivity index (χ0v) is 11.4. The Balaban J connectivity index is 2.49. The molecule has 0 unspecified atom stereocenters. The Morgan fingerprint density at radius 3 is 2.83 bits per heavy atom. The molecule has 1 aromatic carbocycles. The van der Waals surface area contributed by atoms with Gasteiger partial charge in [0.1, 0.15) is 5.82 Å². The fraction of sp³-hybridized carbons (Fsp3) is 0.500. The van der Waals surface area contributed by atoms with Gasteiger partial charge in [-0.25, -0.2) is 4.39 Å². The molecular weight excluding hydrogens is 229 g/mol. The van der Waals surface area contributed by atoms with Crippen LogP contribution in [0.25, 0.3) is 0 Å². The maximum atomic E-state index is 13.0. The Kier molecular flexibility index (Phi) is 6.19.